The highest BCUT2D eigenvalue weighted by Gasteiger charge is 2.37. The molecule has 3 rings (SSSR count). The summed E-state index contributed by atoms with van der Waals surface area (Å²) in [6.45, 7) is 9.05. The first-order chi connectivity index (χ1) is 22.2. The van der Waals surface area contributed by atoms with Gasteiger partial charge in [0.05, 0.1) is 24.3 Å². The summed E-state index contributed by atoms with van der Waals surface area (Å²) in [7, 11) is 1.61. The maximum absolute atomic E-state index is 13.8. The van der Waals surface area contributed by atoms with Gasteiger partial charge in [0.25, 0.3) is 0 Å². The summed E-state index contributed by atoms with van der Waals surface area (Å²) in [4.78, 5) is 45.4. The van der Waals surface area contributed by atoms with Gasteiger partial charge in [-0.1, -0.05) is 80.6 Å². The molecule has 47 heavy (non-hydrogen) atoms. The van der Waals surface area contributed by atoms with Crippen molar-refractivity contribution in [3.8, 4) is 0 Å². The molecule has 254 valence electrons. The number of benzene rings is 2. The van der Waals surface area contributed by atoms with Gasteiger partial charge in [0.2, 0.25) is 5.91 Å². The molecule has 0 spiro atoms. The molecule has 0 saturated carbocycles. The van der Waals surface area contributed by atoms with Crippen molar-refractivity contribution in [2.75, 3.05) is 7.05 Å². The molecule has 0 saturated heterocycles. The molecule has 5 atom stereocenters. The number of rotatable bonds is 14. The molecule has 0 radical (unpaired) electrons. The molecule has 0 aliphatic heterocycles. The quantitative estimate of drug-likeness (QED) is 0.178. The number of hydrogen-bond donors (Lipinski definition) is 5. The zero-order valence-corrected chi connectivity index (χ0v) is 28.1. The monoisotopic (exact) mass is 647 g/mol. The number of carbonyl (C=O) groups is 3. The molecule has 0 aliphatic carbocycles. The van der Waals surface area contributed by atoms with E-state index in [1.165, 1.54) is 4.90 Å². The fraction of sp³-hybridized carbons (Fsp3) is 0.444. The second-order valence-corrected chi connectivity index (χ2v) is 13.1. The van der Waals surface area contributed by atoms with Crippen LogP contribution >= 0.6 is 0 Å². The van der Waals surface area contributed by atoms with Gasteiger partial charge >= 0.3 is 12.1 Å². The summed E-state index contributed by atoms with van der Waals surface area (Å²) in [5, 5.41) is 31.7. The molecule has 0 aliphatic rings. The largest absolute Gasteiger partial charge is 0.444 e. The maximum Gasteiger partial charge on any atom is 0.407 e. The van der Waals surface area contributed by atoms with E-state index in [4.69, 9.17) is 4.74 Å². The van der Waals surface area contributed by atoms with Crippen molar-refractivity contribution < 1.29 is 29.3 Å². The first-order valence-corrected chi connectivity index (χ1v) is 15.9. The average Bonchev–Trinajstić information content (AvgIpc) is 3.02. The molecular formula is C36H49N5O6. The predicted octanol–water partition coefficient (Wildman–Crippen LogP) is 3.83. The number of ether oxygens (including phenoxy) is 1. The van der Waals surface area contributed by atoms with Gasteiger partial charge < -0.3 is 35.8 Å². The molecule has 0 bridgehead atoms. The third-order valence-corrected chi connectivity index (χ3v) is 7.50. The first kappa shape index (κ1) is 37.0. The zero-order valence-electron chi connectivity index (χ0n) is 28.1. The number of pyridine rings is 1. The Bertz CT molecular complexity index is 1400. The molecular weight excluding hydrogens is 598 g/mol. The Labute approximate surface area is 277 Å². The highest BCUT2D eigenvalue weighted by atomic mass is 16.6. The summed E-state index contributed by atoms with van der Waals surface area (Å²) < 4.78 is 5.45. The minimum Gasteiger partial charge on any atom is -0.444 e. The van der Waals surface area contributed by atoms with Gasteiger partial charge in [-0.15, -0.1) is 0 Å². The smallest absolute Gasteiger partial charge is 0.407 e. The number of hydrogen-bond acceptors (Lipinski definition) is 7. The number of alkyl carbamates (subject to hydrolysis) is 1. The highest BCUT2D eigenvalue weighted by Crippen LogP contribution is 2.17. The molecule has 4 amide bonds. The predicted molar refractivity (Wildman–Crippen MR) is 180 cm³/mol. The summed E-state index contributed by atoms with van der Waals surface area (Å²) in [6.07, 6.45) is -1.76. The molecule has 11 nitrogen and oxygen atoms in total. The number of urea groups is 1. The number of aliphatic hydroxyl groups is 2. The van der Waals surface area contributed by atoms with Crippen molar-refractivity contribution in [2.45, 2.75) is 89.9 Å². The SMILES string of the molecule is CC(C)[C@H](NC(=O)N(C)Cc1ccccn1)C(=O)N[C@@H](Cc1ccccc1)[C@H](O)[C@H](O)[C@H](Cc1ccccc1)NC(=O)OC(C)(C)C. The normalized spacial score (nSPS) is 14.7. The van der Waals surface area contributed by atoms with Gasteiger partial charge in [-0.25, -0.2) is 9.59 Å². The second kappa shape index (κ2) is 17.4. The van der Waals surface area contributed by atoms with E-state index in [9.17, 15) is 24.6 Å². The van der Waals surface area contributed by atoms with Gasteiger partial charge in [-0.05, 0) is 62.8 Å². The summed E-state index contributed by atoms with van der Waals surface area (Å²) in [5.74, 6) is -0.826. The van der Waals surface area contributed by atoms with Crippen molar-refractivity contribution in [3.05, 3.63) is 102 Å². The van der Waals surface area contributed by atoms with Crippen LogP contribution in [0.2, 0.25) is 0 Å². The number of nitrogens with one attached hydrogen (secondary N) is 3. The summed E-state index contributed by atoms with van der Waals surface area (Å²) >= 11 is 0. The second-order valence-electron chi connectivity index (χ2n) is 13.1. The van der Waals surface area contributed by atoms with Gasteiger partial charge in [0, 0.05) is 13.2 Å². The van der Waals surface area contributed by atoms with Crippen LogP contribution in [0.25, 0.3) is 0 Å². The molecule has 0 unspecified atom stereocenters. The molecule has 2 aromatic carbocycles. The number of aromatic nitrogens is 1. The van der Waals surface area contributed by atoms with Crippen molar-refractivity contribution in [1.29, 1.82) is 0 Å². The molecule has 0 fully saturated rings. The van der Waals surface area contributed by atoms with Gasteiger partial charge in [0.1, 0.15) is 23.9 Å². The van der Waals surface area contributed by atoms with Crippen LogP contribution in [0.3, 0.4) is 0 Å². The lowest BCUT2D eigenvalue weighted by atomic mass is 9.90. The number of nitrogens with zero attached hydrogens (tertiary/aromatic N) is 2. The number of amides is 4. The lowest BCUT2D eigenvalue weighted by Gasteiger charge is -2.34. The van der Waals surface area contributed by atoms with Crippen molar-refractivity contribution in [2.24, 2.45) is 5.92 Å². The minimum absolute atomic E-state index is 0.174. The van der Waals surface area contributed by atoms with Crippen LogP contribution in [0.4, 0.5) is 9.59 Å². The molecule has 5 N–H and O–H groups in total. The van der Waals surface area contributed by atoms with Crippen molar-refractivity contribution in [1.82, 2.24) is 25.8 Å². The lowest BCUT2D eigenvalue weighted by molar-refractivity contribution is -0.126. The third-order valence-electron chi connectivity index (χ3n) is 7.50. The Morgan fingerprint density at radius 1 is 0.787 bits per heavy atom. The molecule has 3 aromatic rings. The van der Waals surface area contributed by atoms with E-state index in [-0.39, 0.29) is 25.3 Å². The Hall–Kier alpha value is -4.48. The summed E-state index contributed by atoms with van der Waals surface area (Å²) in [6, 6.07) is 20.6. The fourth-order valence-corrected chi connectivity index (χ4v) is 5.04. The molecule has 1 heterocycles. The van der Waals surface area contributed by atoms with E-state index in [0.717, 1.165) is 11.1 Å². The van der Waals surface area contributed by atoms with Gasteiger partial charge in [-0.2, -0.15) is 0 Å². The average molecular weight is 648 g/mol. The van der Waals surface area contributed by atoms with Crippen molar-refractivity contribution in [3.63, 3.8) is 0 Å². The Kier molecular flexibility index (Phi) is 13.7. The van der Waals surface area contributed by atoms with E-state index >= 15 is 0 Å². The van der Waals surface area contributed by atoms with Crippen LogP contribution in [0.5, 0.6) is 0 Å². The topological polar surface area (TPSA) is 153 Å². The van der Waals surface area contributed by atoms with E-state index in [2.05, 4.69) is 20.9 Å². The molecule has 1 aromatic heterocycles. The first-order valence-electron chi connectivity index (χ1n) is 15.9. The summed E-state index contributed by atoms with van der Waals surface area (Å²) in [5.41, 5.74) is 1.54. The van der Waals surface area contributed by atoms with E-state index in [1.807, 2.05) is 66.7 Å². The standard InChI is InChI=1S/C36H49N5O6/c1-24(2)30(40-34(45)41(6)23-27-19-13-14-20-37-27)33(44)38-28(21-25-15-9-7-10-16-25)31(42)32(43)29(22-26-17-11-8-12-18-26)39-35(46)47-36(3,4)5/h7-20,24,28-32,42-43H,21-23H2,1-6H3,(H,38,44)(H,39,46)(H,40,45)/t28-,29-,30-,31-,32+/m0/s1. The maximum atomic E-state index is 13.8. The van der Waals surface area contributed by atoms with Crippen LogP contribution in [0, 0.1) is 5.92 Å². The van der Waals surface area contributed by atoms with Crippen LogP contribution in [0.15, 0.2) is 85.1 Å². The van der Waals surface area contributed by atoms with Crippen LogP contribution in [-0.2, 0) is 28.9 Å². The number of carbonyl (C=O) groups excluding carboxylic acids is 3. The van der Waals surface area contributed by atoms with E-state index < -0.39 is 54.0 Å². The van der Waals surface area contributed by atoms with Crippen molar-refractivity contribution >= 4 is 18.0 Å². The lowest BCUT2D eigenvalue weighted by Crippen LogP contribution is -2.60. The zero-order chi connectivity index (χ0) is 34.6. The van der Waals surface area contributed by atoms with Crippen LogP contribution < -0.4 is 16.0 Å². The van der Waals surface area contributed by atoms with E-state index in [0.29, 0.717) is 5.69 Å². The number of aliphatic hydroxyl groups excluding tert-OH is 2. The van der Waals surface area contributed by atoms with E-state index in [1.54, 1.807) is 60.0 Å². The third kappa shape index (κ3) is 12.3. The van der Waals surface area contributed by atoms with Gasteiger partial charge in [-0.3, -0.25) is 9.78 Å². The van der Waals surface area contributed by atoms with Gasteiger partial charge in [0.15, 0.2) is 0 Å². The minimum atomic E-state index is -1.52. The van der Waals surface area contributed by atoms with Crippen LogP contribution in [0.1, 0.15) is 51.4 Å². The molecule has 11 heteroatoms. The Morgan fingerprint density at radius 2 is 1.30 bits per heavy atom. The Balaban J connectivity index is 1.83. The Morgan fingerprint density at radius 3 is 1.77 bits per heavy atom. The fourth-order valence-electron chi connectivity index (χ4n) is 5.04. The van der Waals surface area contributed by atoms with Crippen LogP contribution in [-0.4, -0.2) is 81.1 Å². The highest BCUT2D eigenvalue weighted by molar-refractivity contribution is 5.87.